The number of carbonyl (C=O) groups is 2. The summed E-state index contributed by atoms with van der Waals surface area (Å²) in [5.74, 6) is 1.08. The maximum absolute atomic E-state index is 9.62. The fraction of sp³-hybridized carbons (Fsp3) is 0.364. The van der Waals surface area contributed by atoms with Crippen molar-refractivity contribution in [3.8, 4) is 12.1 Å². The molecule has 0 aliphatic rings. The van der Waals surface area contributed by atoms with Crippen LogP contribution in [0.15, 0.2) is 42.7 Å². The Balaban J connectivity index is 0.000000625. The molecule has 0 saturated heterocycles. The van der Waals surface area contributed by atoms with Crippen LogP contribution in [0.1, 0.15) is 56.0 Å². The first-order valence-electron chi connectivity index (χ1n) is 9.68. The topological polar surface area (TPSA) is 166 Å². The molecule has 1 aromatic heterocycles. The molecule has 2 rings (SSSR count). The first-order valence-corrected chi connectivity index (χ1v) is 9.68. The normalized spacial score (nSPS) is 9.88. The zero-order chi connectivity index (χ0) is 24.2. The highest BCUT2D eigenvalue weighted by atomic mass is 16.7. The van der Waals surface area contributed by atoms with Crippen LogP contribution in [0.5, 0.6) is 0 Å². The number of nitriles is 2. The maximum Gasteiger partial charge on any atom is 0.505 e. The summed E-state index contributed by atoms with van der Waals surface area (Å²) in [5.41, 5.74) is 1.87. The first kappa shape index (κ1) is 27.8. The minimum atomic E-state index is -1.45. The molecule has 10 nitrogen and oxygen atoms in total. The lowest BCUT2D eigenvalue weighted by atomic mass is 9.92. The van der Waals surface area contributed by atoms with E-state index in [0.29, 0.717) is 5.56 Å². The molecule has 2 N–H and O–H groups in total. The fourth-order valence-electron chi connectivity index (χ4n) is 2.39. The second-order valence-corrected chi connectivity index (χ2v) is 5.99. The van der Waals surface area contributed by atoms with Gasteiger partial charge in [0.2, 0.25) is 0 Å². The Kier molecular flexibility index (Phi) is 15.4. The molecule has 2 aromatic rings. The second-order valence-electron chi connectivity index (χ2n) is 5.99. The highest BCUT2D eigenvalue weighted by molar-refractivity contribution is 5.57. The fourth-order valence-corrected chi connectivity index (χ4v) is 2.39. The Hall–Kier alpha value is -4.18. The van der Waals surface area contributed by atoms with E-state index in [1.165, 1.54) is 12.5 Å². The molecule has 0 aliphatic heterocycles. The van der Waals surface area contributed by atoms with Crippen molar-refractivity contribution in [3.05, 3.63) is 59.7 Å². The summed E-state index contributed by atoms with van der Waals surface area (Å²) in [7, 11) is 0. The van der Waals surface area contributed by atoms with Gasteiger partial charge in [-0.15, -0.1) is 0 Å². The molecule has 0 aliphatic carbocycles. The van der Waals surface area contributed by atoms with Crippen molar-refractivity contribution in [2.75, 3.05) is 13.2 Å². The van der Waals surface area contributed by atoms with E-state index in [-0.39, 0.29) is 19.1 Å². The molecule has 1 atom stereocenters. The van der Waals surface area contributed by atoms with E-state index >= 15 is 0 Å². The number of rotatable bonds is 8. The second kappa shape index (κ2) is 17.7. The molecule has 0 bridgehead atoms. The van der Waals surface area contributed by atoms with E-state index in [9.17, 15) is 9.59 Å². The van der Waals surface area contributed by atoms with Gasteiger partial charge in [0.05, 0.1) is 17.7 Å². The van der Waals surface area contributed by atoms with Gasteiger partial charge in [0, 0.05) is 25.2 Å². The third-order valence-corrected chi connectivity index (χ3v) is 3.72. The molecule has 1 aromatic carbocycles. The summed E-state index contributed by atoms with van der Waals surface area (Å²) in [6, 6.07) is 13.5. The van der Waals surface area contributed by atoms with Gasteiger partial charge in [0.15, 0.2) is 0 Å². The number of benzene rings is 1. The molecular weight excluding hydrogens is 416 g/mol. The third-order valence-electron chi connectivity index (χ3n) is 3.72. The van der Waals surface area contributed by atoms with Gasteiger partial charge < -0.3 is 19.7 Å². The SMILES string of the molecule is CC#N.CCCCC(c1ccc(C#N)cc1)c1ncccn1.O=C(O)OCCOC(=O)O. The lowest BCUT2D eigenvalue weighted by Crippen LogP contribution is -2.10. The summed E-state index contributed by atoms with van der Waals surface area (Å²) < 4.78 is 7.84. The van der Waals surface area contributed by atoms with E-state index in [0.717, 1.165) is 25.1 Å². The number of hydrogen-bond acceptors (Lipinski definition) is 8. The number of unbranched alkanes of at least 4 members (excludes halogenated alkanes) is 1. The highest BCUT2D eigenvalue weighted by Crippen LogP contribution is 2.27. The minimum absolute atomic E-state index is 0.217. The van der Waals surface area contributed by atoms with Crippen LogP contribution in [-0.4, -0.2) is 45.7 Å². The standard InChI is InChI=1S/C16H17N3.C4H6O6.C2H3N/c1-2-3-5-15(16-18-10-4-11-19-16)14-8-6-13(12-17)7-9-14;5-3(6)9-1-2-10-4(7)8;1-2-3/h4,6-11,15H,2-3,5H2,1H3;1-2H2,(H,5,6)(H,7,8);1H3. The monoisotopic (exact) mass is 442 g/mol. The summed E-state index contributed by atoms with van der Waals surface area (Å²) in [5, 5.41) is 31.9. The van der Waals surface area contributed by atoms with Crippen LogP contribution in [0.25, 0.3) is 0 Å². The lowest BCUT2D eigenvalue weighted by Gasteiger charge is -2.15. The quantitative estimate of drug-likeness (QED) is 0.436. The molecule has 0 fully saturated rings. The molecule has 1 heterocycles. The van der Waals surface area contributed by atoms with E-state index in [1.807, 2.05) is 30.3 Å². The molecule has 0 radical (unpaired) electrons. The third kappa shape index (κ3) is 13.1. The Morgan fingerprint density at radius 2 is 1.53 bits per heavy atom. The average molecular weight is 442 g/mol. The van der Waals surface area contributed by atoms with Gasteiger partial charge in [0.1, 0.15) is 19.0 Å². The summed E-state index contributed by atoms with van der Waals surface area (Å²) in [4.78, 5) is 28.0. The van der Waals surface area contributed by atoms with Crippen molar-refractivity contribution >= 4 is 12.3 Å². The summed E-state index contributed by atoms with van der Waals surface area (Å²) in [6.45, 7) is 3.06. The van der Waals surface area contributed by atoms with Crippen LogP contribution in [0.4, 0.5) is 9.59 Å². The highest BCUT2D eigenvalue weighted by Gasteiger charge is 2.16. The van der Waals surface area contributed by atoms with E-state index < -0.39 is 12.3 Å². The zero-order valence-corrected chi connectivity index (χ0v) is 18.0. The van der Waals surface area contributed by atoms with Crippen molar-refractivity contribution in [2.24, 2.45) is 0 Å². The molecule has 32 heavy (non-hydrogen) atoms. The van der Waals surface area contributed by atoms with Crippen LogP contribution in [0, 0.1) is 22.7 Å². The lowest BCUT2D eigenvalue weighted by molar-refractivity contribution is 0.0472. The van der Waals surface area contributed by atoms with Crippen molar-refractivity contribution in [2.45, 2.75) is 39.0 Å². The maximum atomic E-state index is 9.62. The number of aromatic nitrogens is 2. The predicted molar refractivity (Wildman–Crippen MR) is 114 cm³/mol. The van der Waals surface area contributed by atoms with Crippen LogP contribution in [0.3, 0.4) is 0 Å². The van der Waals surface area contributed by atoms with Gasteiger partial charge in [-0.25, -0.2) is 19.6 Å². The van der Waals surface area contributed by atoms with Crippen molar-refractivity contribution < 1.29 is 29.3 Å². The molecule has 0 saturated carbocycles. The molecule has 0 amide bonds. The van der Waals surface area contributed by atoms with Gasteiger partial charge in [-0.3, -0.25) is 0 Å². The van der Waals surface area contributed by atoms with E-state index in [1.54, 1.807) is 18.5 Å². The summed E-state index contributed by atoms with van der Waals surface area (Å²) in [6.07, 6.45) is 3.99. The van der Waals surface area contributed by atoms with Gasteiger partial charge in [-0.1, -0.05) is 31.9 Å². The Labute approximate surface area is 186 Å². The minimum Gasteiger partial charge on any atom is -0.450 e. The van der Waals surface area contributed by atoms with Crippen LogP contribution < -0.4 is 0 Å². The van der Waals surface area contributed by atoms with E-state index in [4.69, 9.17) is 20.7 Å². The van der Waals surface area contributed by atoms with Gasteiger partial charge in [0.25, 0.3) is 0 Å². The van der Waals surface area contributed by atoms with Crippen LogP contribution in [0.2, 0.25) is 0 Å². The predicted octanol–water partition coefficient (Wildman–Crippen LogP) is 4.58. The number of hydrogen-bond donors (Lipinski definition) is 2. The number of nitrogens with zero attached hydrogens (tertiary/aromatic N) is 4. The Morgan fingerprint density at radius 1 is 1.03 bits per heavy atom. The number of ether oxygens (including phenoxy) is 2. The van der Waals surface area contributed by atoms with Gasteiger partial charge in [-0.05, 0) is 30.2 Å². The van der Waals surface area contributed by atoms with Gasteiger partial charge in [-0.2, -0.15) is 10.5 Å². The number of carboxylic acid groups (broad SMARTS) is 2. The van der Waals surface area contributed by atoms with Crippen LogP contribution in [-0.2, 0) is 9.47 Å². The molecule has 170 valence electrons. The Morgan fingerprint density at radius 3 is 1.94 bits per heavy atom. The Bertz CT molecular complexity index is 860. The molecule has 1 unspecified atom stereocenters. The average Bonchev–Trinajstić information content (AvgIpc) is 2.79. The first-order chi connectivity index (χ1) is 15.4. The molecule has 0 spiro atoms. The van der Waals surface area contributed by atoms with Crippen molar-refractivity contribution in [1.29, 1.82) is 10.5 Å². The van der Waals surface area contributed by atoms with E-state index in [2.05, 4.69) is 32.4 Å². The zero-order valence-electron chi connectivity index (χ0n) is 18.0. The van der Waals surface area contributed by atoms with Crippen molar-refractivity contribution in [1.82, 2.24) is 9.97 Å². The van der Waals surface area contributed by atoms with Crippen LogP contribution >= 0.6 is 0 Å². The largest absolute Gasteiger partial charge is 0.505 e. The molecule has 10 heteroatoms. The van der Waals surface area contributed by atoms with Crippen molar-refractivity contribution in [3.63, 3.8) is 0 Å². The summed E-state index contributed by atoms with van der Waals surface area (Å²) >= 11 is 0. The smallest absolute Gasteiger partial charge is 0.450 e. The van der Waals surface area contributed by atoms with Gasteiger partial charge >= 0.3 is 12.3 Å². The molecular formula is C22H26N4O6.